The van der Waals surface area contributed by atoms with E-state index in [4.69, 9.17) is 0 Å². The highest BCUT2D eigenvalue weighted by Gasteiger charge is 2.29. The predicted molar refractivity (Wildman–Crippen MR) is 101 cm³/mol. The van der Waals surface area contributed by atoms with Crippen LogP contribution in [0.5, 0.6) is 0 Å². The Balaban J connectivity index is 1.66. The van der Waals surface area contributed by atoms with Gasteiger partial charge in [0.1, 0.15) is 5.82 Å². The number of hydrogen-bond acceptors (Lipinski definition) is 6. The smallest absolute Gasteiger partial charge is 0.147 e. The minimum Gasteiger partial charge on any atom is -0.392 e. The van der Waals surface area contributed by atoms with Gasteiger partial charge >= 0.3 is 0 Å². The Labute approximate surface area is 152 Å². The number of aliphatic hydroxyl groups is 1. The first-order chi connectivity index (χ1) is 12.8. The number of anilines is 2. The van der Waals surface area contributed by atoms with E-state index in [2.05, 4.69) is 36.9 Å². The number of aromatic nitrogens is 3. The van der Waals surface area contributed by atoms with Crippen LogP contribution in [0, 0.1) is 0 Å². The number of piperazine rings is 1. The number of aliphatic hydroxyl groups excluding tert-OH is 1. The third-order valence-corrected chi connectivity index (χ3v) is 4.80. The van der Waals surface area contributed by atoms with Crippen molar-refractivity contribution in [1.29, 1.82) is 0 Å². The van der Waals surface area contributed by atoms with Crippen molar-refractivity contribution in [3.8, 4) is 0 Å². The highest BCUT2D eigenvalue weighted by atomic mass is 16.3. The fraction of sp³-hybridized carbons (Fsp3) is 0.250. The average molecular weight is 347 g/mol. The Hall–Kier alpha value is -2.99. The topological polar surface area (TPSA) is 65.4 Å². The van der Waals surface area contributed by atoms with Crippen molar-refractivity contribution >= 4 is 11.5 Å². The number of benzene rings is 1. The molecule has 6 heteroatoms. The zero-order valence-electron chi connectivity index (χ0n) is 14.4. The molecule has 6 nitrogen and oxygen atoms in total. The lowest BCUT2D eigenvalue weighted by Gasteiger charge is -2.43. The molecule has 0 amide bonds. The molecule has 3 heterocycles. The summed E-state index contributed by atoms with van der Waals surface area (Å²) in [6, 6.07) is 12.4. The minimum atomic E-state index is 0.0575. The Morgan fingerprint density at radius 1 is 0.923 bits per heavy atom. The number of pyridine rings is 1. The van der Waals surface area contributed by atoms with Gasteiger partial charge in [0.05, 0.1) is 18.8 Å². The summed E-state index contributed by atoms with van der Waals surface area (Å²) in [7, 11) is 0. The van der Waals surface area contributed by atoms with Crippen LogP contribution in [-0.4, -0.2) is 39.7 Å². The maximum absolute atomic E-state index is 9.32. The lowest BCUT2D eigenvalue weighted by Crippen LogP contribution is -2.49. The number of nitrogens with zero attached hydrogens (tertiary/aromatic N) is 5. The van der Waals surface area contributed by atoms with Gasteiger partial charge in [-0.05, 0) is 23.3 Å². The Kier molecular flexibility index (Phi) is 4.75. The summed E-state index contributed by atoms with van der Waals surface area (Å²) in [5, 5.41) is 9.32. The maximum atomic E-state index is 9.32. The van der Waals surface area contributed by atoms with Crippen LogP contribution in [0.4, 0.5) is 11.5 Å². The molecule has 0 bridgehead atoms. The Morgan fingerprint density at radius 2 is 1.73 bits per heavy atom. The predicted octanol–water partition coefficient (Wildman–Crippen LogP) is 2.43. The summed E-state index contributed by atoms with van der Waals surface area (Å²) in [5.74, 6) is 0.887. The molecule has 0 spiro atoms. The summed E-state index contributed by atoms with van der Waals surface area (Å²) in [6.07, 6.45) is 8.90. The maximum Gasteiger partial charge on any atom is 0.147 e. The monoisotopic (exact) mass is 347 g/mol. The van der Waals surface area contributed by atoms with E-state index < -0.39 is 0 Å². The van der Waals surface area contributed by atoms with E-state index in [9.17, 15) is 5.11 Å². The van der Waals surface area contributed by atoms with Gasteiger partial charge in [0.15, 0.2) is 0 Å². The van der Waals surface area contributed by atoms with Gasteiger partial charge < -0.3 is 14.9 Å². The molecular formula is C20H21N5O. The standard InChI is InChI=1S/C20H21N5O/c26-15-16-1-3-17(4-2-16)19-14-24(18-5-7-21-8-6-18)11-12-25(19)20-13-22-9-10-23-20/h1-10,13,19,26H,11-12,14-15H2. The van der Waals surface area contributed by atoms with Crippen LogP contribution in [0.2, 0.25) is 0 Å². The second kappa shape index (κ2) is 7.49. The molecule has 0 radical (unpaired) electrons. The molecule has 1 N–H and O–H groups in total. The molecule has 1 atom stereocenters. The van der Waals surface area contributed by atoms with E-state index in [-0.39, 0.29) is 12.6 Å². The SMILES string of the molecule is OCc1ccc(C2CN(c3ccncc3)CCN2c2cnccn2)cc1. The minimum absolute atomic E-state index is 0.0575. The first kappa shape index (κ1) is 16.5. The van der Waals surface area contributed by atoms with Crippen LogP contribution in [0.25, 0.3) is 0 Å². The second-order valence-corrected chi connectivity index (χ2v) is 6.32. The summed E-state index contributed by atoms with van der Waals surface area (Å²) in [6.45, 7) is 2.67. The largest absolute Gasteiger partial charge is 0.392 e. The first-order valence-electron chi connectivity index (χ1n) is 8.72. The fourth-order valence-electron chi connectivity index (χ4n) is 3.42. The molecule has 0 saturated carbocycles. The Bertz CT molecular complexity index is 826. The van der Waals surface area contributed by atoms with E-state index in [0.29, 0.717) is 0 Å². The highest BCUT2D eigenvalue weighted by molar-refractivity contribution is 5.50. The fourth-order valence-corrected chi connectivity index (χ4v) is 3.42. The van der Waals surface area contributed by atoms with Gasteiger partial charge in [0.2, 0.25) is 0 Å². The van der Waals surface area contributed by atoms with Gasteiger partial charge in [0.25, 0.3) is 0 Å². The van der Waals surface area contributed by atoms with E-state index in [1.165, 1.54) is 11.3 Å². The van der Waals surface area contributed by atoms with Crippen LogP contribution in [0.15, 0.2) is 67.4 Å². The summed E-state index contributed by atoms with van der Waals surface area (Å²) < 4.78 is 0. The molecule has 1 unspecified atom stereocenters. The van der Waals surface area contributed by atoms with Crippen molar-refractivity contribution in [2.24, 2.45) is 0 Å². The molecule has 2 aromatic heterocycles. The molecule has 1 aliphatic heterocycles. The second-order valence-electron chi connectivity index (χ2n) is 6.32. The number of hydrogen-bond donors (Lipinski definition) is 1. The van der Waals surface area contributed by atoms with E-state index in [0.717, 1.165) is 31.0 Å². The summed E-state index contributed by atoms with van der Waals surface area (Å²) in [4.78, 5) is 17.5. The molecule has 26 heavy (non-hydrogen) atoms. The van der Waals surface area contributed by atoms with Crippen molar-refractivity contribution in [2.45, 2.75) is 12.6 Å². The quantitative estimate of drug-likeness (QED) is 0.782. The van der Waals surface area contributed by atoms with Gasteiger partial charge in [0, 0.05) is 50.1 Å². The zero-order valence-corrected chi connectivity index (χ0v) is 14.4. The van der Waals surface area contributed by atoms with Crippen molar-refractivity contribution < 1.29 is 5.11 Å². The van der Waals surface area contributed by atoms with Crippen molar-refractivity contribution in [3.63, 3.8) is 0 Å². The Morgan fingerprint density at radius 3 is 2.42 bits per heavy atom. The molecule has 1 fully saturated rings. The van der Waals surface area contributed by atoms with Crippen LogP contribution in [0.1, 0.15) is 17.2 Å². The zero-order chi connectivity index (χ0) is 17.8. The normalized spacial score (nSPS) is 17.3. The lowest BCUT2D eigenvalue weighted by molar-refractivity contribution is 0.282. The molecule has 1 saturated heterocycles. The summed E-state index contributed by atoms with van der Waals surface area (Å²) in [5.41, 5.74) is 3.30. The van der Waals surface area contributed by atoms with Gasteiger partial charge in [-0.2, -0.15) is 0 Å². The van der Waals surface area contributed by atoms with Crippen LogP contribution in [-0.2, 0) is 6.61 Å². The molecule has 4 rings (SSSR count). The number of rotatable bonds is 4. The molecule has 3 aromatic rings. The first-order valence-corrected chi connectivity index (χ1v) is 8.72. The van der Waals surface area contributed by atoms with Crippen LogP contribution in [0.3, 0.4) is 0 Å². The van der Waals surface area contributed by atoms with E-state index in [1.807, 2.05) is 42.9 Å². The van der Waals surface area contributed by atoms with Gasteiger partial charge in [-0.3, -0.25) is 9.97 Å². The van der Waals surface area contributed by atoms with Crippen LogP contribution < -0.4 is 9.80 Å². The molecular weight excluding hydrogens is 326 g/mol. The lowest BCUT2D eigenvalue weighted by atomic mass is 10.0. The molecule has 0 aliphatic carbocycles. The van der Waals surface area contributed by atoms with Crippen molar-refractivity contribution in [1.82, 2.24) is 15.0 Å². The van der Waals surface area contributed by atoms with Crippen molar-refractivity contribution in [2.75, 3.05) is 29.4 Å². The molecule has 132 valence electrons. The third kappa shape index (κ3) is 3.36. The van der Waals surface area contributed by atoms with Gasteiger partial charge in [-0.25, -0.2) is 4.98 Å². The van der Waals surface area contributed by atoms with Crippen LogP contribution >= 0.6 is 0 Å². The molecule has 1 aromatic carbocycles. The van der Waals surface area contributed by atoms with E-state index in [1.54, 1.807) is 12.4 Å². The average Bonchev–Trinajstić information content (AvgIpc) is 2.75. The van der Waals surface area contributed by atoms with E-state index >= 15 is 0 Å². The summed E-state index contributed by atoms with van der Waals surface area (Å²) >= 11 is 0. The van der Waals surface area contributed by atoms with Gasteiger partial charge in [-0.1, -0.05) is 24.3 Å². The van der Waals surface area contributed by atoms with Gasteiger partial charge in [-0.15, -0.1) is 0 Å². The molecule has 1 aliphatic rings. The van der Waals surface area contributed by atoms with Crippen molar-refractivity contribution in [3.05, 3.63) is 78.5 Å². The third-order valence-electron chi connectivity index (χ3n) is 4.80. The highest BCUT2D eigenvalue weighted by Crippen LogP contribution is 2.31.